The molecule has 0 atom stereocenters. The highest BCUT2D eigenvalue weighted by Crippen LogP contribution is 2.25. The molecule has 0 saturated heterocycles. The second-order valence-corrected chi connectivity index (χ2v) is 8.37. The summed E-state index contributed by atoms with van der Waals surface area (Å²) in [7, 11) is 0. The lowest BCUT2D eigenvalue weighted by atomic mass is 9.98. The van der Waals surface area contributed by atoms with Gasteiger partial charge in [0.05, 0.1) is 0 Å². The van der Waals surface area contributed by atoms with Gasteiger partial charge in [-0.3, -0.25) is 4.79 Å². The molecular formula is C28H28N2O2. The highest BCUT2D eigenvalue weighted by Gasteiger charge is 2.13. The molecule has 0 bridgehead atoms. The van der Waals surface area contributed by atoms with Crippen LogP contribution in [0.15, 0.2) is 84.9 Å². The van der Waals surface area contributed by atoms with Crippen LogP contribution in [0.3, 0.4) is 0 Å². The molecule has 0 aliphatic rings. The Morgan fingerprint density at radius 2 is 1.69 bits per heavy atom. The highest BCUT2D eigenvalue weighted by atomic mass is 16.5. The van der Waals surface area contributed by atoms with E-state index < -0.39 is 0 Å². The number of carbonyl (C=O) groups is 1. The molecular weight excluding hydrogens is 396 g/mol. The van der Waals surface area contributed by atoms with E-state index in [0.717, 1.165) is 12.0 Å². The zero-order valence-electron chi connectivity index (χ0n) is 18.5. The smallest absolute Gasteiger partial charge is 0.270 e. The minimum Gasteiger partial charge on any atom is -0.439 e. The molecule has 0 radical (unpaired) electrons. The SMILES string of the molecule is CC(C)CCNC(=O)c1cc(Cc2cccc3ccccc23)cc(Oc2ccccc2)n1. The van der Waals surface area contributed by atoms with Crippen molar-refractivity contribution < 1.29 is 9.53 Å². The molecule has 1 amide bonds. The molecule has 4 heteroatoms. The van der Waals surface area contributed by atoms with Gasteiger partial charge in [-0.2, -0.15) is 0 Å². The molecule has 3 aromatic carbocycles. The lowest BCUT2D eigenvalue weighted by molar-refractivity contribution is 0.0946. The van der Waals surface area contributed by atoms with Gasteiger partial charge in [-0.1, -0.05) is 74.5 Å². The number of fused-ring (bicyclic) bond motifs is 1. The zero-order valence-corrected chi connectivity index (χ0v) is 18.5. The summed E-state index contributed by atoms with van der Waals surface area (Å²) < 4.78 is 5.99. The molecule has 1 aromatic heterocycles. The van der Waals surface area contributed by atoms with E-state index in [-0.39, 0.29) is 5.91 Å². The van der Waals surface area contributed by atoms with Crippen molar-refractivity contribution in [2.24, 2.45) is 5.92 Å². The lowest BCUT2D eigenvalue weighted by Crippen LogP contribution is -2.26. The summed E-state index contributed by atoms with van der Waals surface area (Å²) in [4.78, 5) is 17.3. The van der Waals surface area contributed by atoms with Gasteiger partial charge in [0.15, 0.2) is 0 Å². The fraction of sp³-hybridized carbons (Fsp3) is 0.214. The van der Waals surface area contributed by atoms with Crippen LogP contribution in [0, 0.1) is 5.92 Å². The number of para-hydroxylation sites is 1. The van der Waals surface area contributed by atoms with E-state index in [0.29, 0.717) is 36.2 Å². The third-order valence-corrected chi connectivity index (χ3v) is 5.34. The largest absolute Gasteiger partial charge is 0.439 e. The van der Waals surface area contributed by atoms with Gasteiger partial charge in [0.1, 0.15) is 11.4 Å². The summed E-state index contributed by atoms with van der Waals surface area (Å²) in [6.45, 7) is 4.91. The fourth-order valence-corrected chi connectivity index (χ4v) is 3.67. The van der Waals surface area contributed by atoms with E-state index in [1.165, 1.54) is 16.3 Å². The number of nitrogens with zero attached hydrogens (tertiary/aromatic N) is 1. The van der Waals surface area contributed by atoms with Gasteiger partial charge < -0.3 is 10.1 Å². The molecule has 4 aromatic rings. The molecule has 0 spiro atoms. The van der Waals surface area contributed by atoms with Gasteiger partial charge in [-0.15, -0.1) is 0 Å². The van der Waals surface area contributed by atoms with Crippen LogP contribution in [0.5, 0.6) is 11.6 Å². The Morgan fingerprint density at radius 1 is 0.938 bits per heavy atom. The minimum absolute atomic E-state index is 0.177. The third kappa shape index (κ3) is 5.52. The van der Waals surface area contributed by atoms with Crippen molar-refractivity contribution in [3.63, 3.8) is 0 Å². The van der Waals surface area contributed by atoms with E-state index >= 15 is 0 Å². The molecule has 0 aliphatic carbocycles. The van der Waals surface area contributed by atoms with Crippen LogP contribution in [0.25, 0.3) is 10.8 Å². The number of benzene rings is 3. The fourth-order valence-electron chi connectivity index (χ4n) is 3.67. The topological polar surface area (TPSA) is 51.2 Å². The number of hydrogen-bond donors (Lipinski definition) is 1. The Labute approximate surface area is 189 Å². The predicted octanol–water partition coefficient (Wildman–Crippen LogP) is 6.39. The van der Waals surface area contributed by atoms with Crippen molar-refractivity contribution >= 4 is 16.7 Å². The Bertz CT molecular complexity index is 1200. The van der Waals surface area contributed by atoms with Crippen molar-refractivity contribution in [1.29, 1.82) is 0 Å². The van der Waals surface area contributed by atoms with Crippen LogP contribution < -0.4 is 10.1 Å². The molecule has 0 unspecified atom stereocenters. The van der Waals surface area contributed by atoms with Gasteiger partial charge in [0.25, 0.3) is 5.91 Å². The number of pyridine rings is 1. The standard InChI is InChI=1S/C28H28N2O2/c1-20(2)15-16-29-28(31)26-18-21(19-27(30-26)32-24-12-4-3-5-13-24)17-23-11-8-10-22-9-6-7-14-25(22)23/h3-14,18-20H,15-17H2,1-2H3,(H,29,31). The summed E-state index contributed by atoms with van der Waals surface area (Å²) in [6, 6.07) is 27.9. The first kappa shape index (κ1) is 21.6. The zero-order chi connectivity index (χ0) is 22.3. The van der Waals surface area contributed by atoms with Crippen molar-refractivity contribution in [2.75, 3.05) is 6.54 Å². The Kier molecular flexibility index (Phi) is 6.81. The van der Waals surface area contributed by atoms with E-state index in [4.69, 9.17) is 4.74 Å². The molecule has 4 nitrogen and oxygen atoms in total. The quantitative estimate of drug-likeness (QED) is 0.356. The normalized spacial score (nSPS) is 11.0. The van der Waals surface area contributed by atoms with Crippen LogP contribution in [0.4, 0.5) is 0 Å². The summed E-state index contributed by atoms with van der Waals surface area (Å²) >= 11 is 0. The highest BCUT2D eigenvalue weighted by molar-refractivity contribution is 5.92. The molecule has 0 saturated carbocycles. The average molecular weight is 425 g/mol. The third-order valence-electron chi connectivity index (χ3n) is 5.34. The molecule has 32 heavy (non-hydrogen) atoms. The number of ether oxygens (including phenoxy) is 1. The van der Waals surface area contributed by atoms with Gasteiger partial charge in [-0.25, -0.2) is 4.98 Å². The van der Waals surface area contributed by atoms with Crippen LogP contribution in [-0.4, -0.2) is 17.4 Å². The Hall–Kier alpha value is -3.66. The summed E-state index contributed by atoms with van der Waals surface area (Å²) in [5.74, 6) is 1.46. The molecule has 162 valence electrons. The Morgan fingerprint density at radius 3 is 2.50 bits per heavy atom. The first-order chi connectivity index (χ1) is 15.6. The summed E-state index contributed by atoms with van der Waals surface area (Å²) in [5, 5.41) is 5.39. The maximum absolute atomic E-state index is 12.8. The molecule has 1 N–H and O–H groups in total. The summed E-state index contributed by atoms with van der Waals surface area (Å²) in [5.41, 5.74) is 2.56. The van der Waals surface area contributed by atoms with Gasteiger partial charge in [-0.05, 0) is 58.9 Å². The lowest BCUT2D eigenvalue weighted by Gasteiger charge is -2.12. The maximum atomic E-state index is 12.8. The van der Waals surface area contributed by atoms with E-state index in [1.54, 1.807) is 0 Å². The number of hydrogen-bond acceptors (Lipinski definition) is 3. The molecule has 1 heterocycles. The first-order valence-electron chi connectivity index (χ1n) is 11.1. The number of carbonyl (C=O) groups excluding carboxylic acids is 1. The maximum Gasteiger partial charge on any atom is 0.270 e. The number of nitrogens with one attached hydrogen (secondary N) is 1. The van der Waals surface area contributed by atoms with Crippen molar-refractivity contribution in [3.8, 4) is 11.6 Å². The molecule has 0 fully saturated rings. The van der Waals surface area contributed by atoms with Gasteiger partial charge in [0, 0.05) is 12.6 Å². The minimum atomic E-state index is -0.177. The number of aromatic nitrogens is 1. The van der Waals surface area contributed by atoms with Crippen LogP contribution in [-0.2, 0) is 6.42 Å². The predicted molar refractivity (Wildman–Crippen MR) is 129 cm³/mol. The van der Waals surface area contributed by atoms with Gasteiger partial charge >= 0.3 is 0 Å². The van der Waals surface area contributed by atoms with Crippen LogP contribution in [0.1, 0.15) is 41.9 Å². The molecule has 0 aliphatic heterocycles. The van der Waals surface area contributed by atoms with E-state index in [1.807, 2.05) is 48.5 Å². The van der Waals surface area contributed by atoms with E-state index in [2.05, 4.69) is 60.5 Å². The first-order valence-corrected chi connectivity index (χ1v) is 11.1. The van der Waals surface area contributed by atoms with E-state index in [9.17, 15) is 4.79 Å². The summed E-state index contributed by atoms with van der Waals surface area (Å²) in [6.07, 6.45) is 1.61. The van der Waals surface area contributed by atoms with Crippen LogP contribution >= 0.6 is 0 Å². The number of amides is 1. The second-order valence-electron chi connectivity index (χ2n) is 8.37. The van der Waals surface area contributed by atoms with Gasteiger partial charge in [0.2, 0.25) is 5.88 Å². The van der Waals surface area contributed by atoms with Crippen molar-refractivity contribution in [2.45, 2.75) is 26.7 Å². The number of rotatable bonds is 8. The van der Waals surface area contributed by atoms with Crippen molar-refractivity contribution in [3.05, 3.63) is 102 Å². The monoisotopic (exact) mass is 424 g/mol. The van der Waals surface area contributed by atoms with Crippen molar-refractivity contribution in [1.82, 2.24) is 10.3 Å². The van der Waals surface area contributed by atoms with Crippen LogP contribution in [0.2, 0.25) is 0 Å². The average Bonchev–Trinajstić information content (AvgIpc) is 2.79. The Balaban J connectivity index is 1.65. The second kappa shape index (κ2) is 10.1. The molecule has 4 rings (SSSR count).